The van der Waals surface area contributed by atoms with Gasteiger partial charge in [-0.1, -0.05) is 80.6 Å². The Kier molecular flexibility index (Phi) is 8.41. The summed E-state index contributed by atoms with van der Waals surface area (Å²) in [6, 6.07) is 26.9. The molecule has 0 aliphatic heterocycles. The topological polar surface area (TPSA) is 75.4 Å². The first kappa shape index (κ1) is 27.3. The Morgan fingerprint density at radius 2 is 1.68 bits per heavy atom. The third-order valence-corrected chi connectivity index (χ3v) is 7.87. The quantitative estimate of drug-likeness (QED) is 0.197. The summed E-state index contributed by atoms with van der Waals surface area (Å²) in [6.45, 7) is 6.92. The van der Waals surface area contributed by atoms with Crippen LogP contribution in [0.5, 0.6) is 0 Å². The number of aryl methyl sites for hydroxylation is 1. The summed E-state index contributed by atoms with van der Waals surface area (Å²) in [7, 11) is 0. The van der Waals surface area contributed by atoms with Gasteiger partial charge < -0.3 is 14.6 Å². The van der Waals surface area contributed by atoms with Gasteiger partial charge in [0, 0.05) is 18.5 Å². The van der Waals surface area contributed by atoms with Gasteiger partial charge in [-0.05, 0) is 48.6 Å². The van der Waals surface area contributed by atoms with E-state index in [-0.39, 0.29) is 17.9 Å². The molecule has 0 saturated heterocycles. The smallest absolute Gasteiger partial charge is 0.274 e. The monoisotopic (exact) mass is 551 g/mol. The first-order chi connectivity index (χ1) is 19.4. The molecule has 0 aliphatic rings. The number of carbonyl (C=O) groups excluding carboxylic acids is 2. The molecule has 2 aromatic heterocycles. The number of hydrogen-bond acceptors (Lipinski definition) is 5. The predicted molar refractivity (Wildman–Crippen MR) is 160 cm³/mol. The molecule has 1 N–H and O–H groups in total. The van der Waals surface area contributed by atoms with Gasteiger partial charge in [-0.3, -0.25) is 9.59 Å². The van der Waals surface area contributed by atoms with Crippen LogP contribution in [0.1, 0.15) is 51.7 Å². The molecule has 0 bridgehead atoms. The molecule has 0 unspecified atom stereocenters. The first-order valence-corrected chi connectivity index (χ1v) is 14.3. The summed E-state index contributed by atoms with van der Waals surface area (Å²) in [5.41, 5.74) is 3.66. The predicted octanol–water partition coefficient (Wildman–Crippen LogP) is 7.35. The van der Waals surface area contributed by atoms with Crippen LogP contribution in [0, 0.1) is 12.8 Å². The van der Waals surface area contributed by atoms with Crippen LogP contribution in [0.25, 0.3) is 21.4 Å². The molecular weight excluding hydrogens is 518 g/mol. The maximum atomic E-state index is 14.4. The second-order valence-corrected chi connectivity index (χ2v) is 11.5. The Hall–Kier alpha value is -4.23. The van der Waals surface area contributed by atoms with E-state index in [2.05, 4.69) is 19.2 Å². The number of thiazole rings is 1. The lowest BCUT2D eigenvalue weighted by Gasteiger charge is -2.33. The zero-order valence-corrected chi connectivity index (χ0v) is 23.8. The minimum atomic E-state index is -0.245. The Morgan fingerprint density at radius 1 is 0.950 bits per heavy atom. The summed E-state index contributed by atoms with van der Waals surface area (Å²) in [5, 5.41) is 4.72. The van der Waals surface area contributed by atoms with E-state index in [0.29, 0.717) is 35.8 Å². The van der Waals surface area contributed by atoms with Crippen LogP contribution in [0.4, 0.5) is 0 Å². The highest BCUT2D eigenvalue weighted by molar-refractivity contribution is 7.15. The van der Waals surface area contributed by atoms with Crippen molar-refractivity contribution in [2.45, 2.75) is 39.8 Å². The van der Waals surface area contributed by atoms with Crippen molar-refractivity contribution in [3.8, 4) is 10.4 Å². The average molecular weight is 552 g/mol. The number of nitrogens with zero attached hydrogens (tertiary/aromatic N) is 2. The molecule has 5 aromatic rings. The SMILES string of the molecule is Cc1nc(C(=O)N(Cc2ccccc2)[C@@H](CNC(=O)c2cccc3occc23)CC(C)C)c(-c2ccccc2)s1. The minimum absolute atomic E-state index is 0.135. The molecule has 1 atom stereocenters. The van der Waals surface area contributed by atoms with E-state index in [4.69, 9.17) is 9.40 Å². The number of amides is 2. The fraction of sp³-hybridized carbons (Fsp3) is 0.242. The fourth-order valence-corrected chi connectivity index (χ4v) is 5.92. The van der Waals surface area contributed by atoms with Gasteiger partial charge in [-0.15, -0.1) is 11.3 Å². The average Bonchev–Trinajstić information content (AvgIpc) is 3.61. The summed E-state index contributed by atoms with van der Waals surface area (Å²) >= 11 is 1.53. The number of benzene rings is 3. The Labute approximate surface area is 238 Å². The Balaban J connectivity index is 1.48. The lowest BCUT2D eigenvalue weighted by atomic mass is 10.00. The van der Waals surface area contributed by atoms with Crippen LogP contribution in [0.2, 0.25) is 0 Å². The van der Waals surface area contributed by atoms with E-state index in [1.165, 1.54) is 11.3 Å². The van der Waals surface area contributed by atoms with Gasteiger partial charge in [0.15, 0.2) is 0 Å². The summed E-state index contributed by atoms with van der Waals surface area (Å²) in [6.07, 6.45) is 2.31. The van der Waals surface area contributed by atoms with Crippen molar-refractivity contribution in [2.75, 3.05) is 6.54 Å². The van der Waals surface area contributed by atoms with Gasteiger partial charge in [-0.25, -0.2) is 4.98 Å². The van der Waals surface area contributed by atoms with E-state index in [1.54, 1.807) is 18.4 Å². The summed E-state index contributed by atoms with van der Waals surface area (Å²) in [4.78, 5) is 35.2. The molecule has 40 heavy (non-hydrogen) atoms. The van der Waals surface area contributed by atoms with Crippen LogP contribution >= 0.6 is 11.3 Å². The van der Waals surface area contributed by atoms with Gasteiger partial charge in [0.05, 0.1) is 27.8 Å². The lowest BCUT2D eigenvalue weighted by Crippen LogP contribution is -2.47. The molecule has 0 radical (unpaired) electrons. The molecular formula is C33H33N3O3S. The van der Waals surface area contributed by atoms with Crippen molar-refractivity contribution in [3.63, 3.8) is 0 Å². The van der Waals surface area contributed by atoms with Gasteiger partial charge in [-0.2, -0.15) is 0 Å². The van der Waals surface area contributed by atoms with Gasteiger partial charge in [0.25, 0.3) is 11.8 Å². The van der Waals surface area contributed by atoms with Crippen molar-refractivity contribution < 1.29 is 14.0 Å². The largest absolute Gasteiger partial charge is 0.464 e. The molecule has 3 aromatic carbocycles. The van der Waals surface area contributed by atoms with Crippen LogP contribution in [-0.4, -0.2) is 34.3 Å². The molecule has 0 spiro atoms. The Bertz CT molecular complexity index is 1590. The molecule has 2 amide bonds. The number of carbonyl (C=O) groups is 2. The molecule has 0 saturated carbocycles. The molecule has 0 fully saturated rings. The van der Waals surface area contributed by atoms with E-state index >= 15 is 0 Å². The van der Waals surface area contributed by atoms with Gasteiger partial charge >= 0.3 is 0 Å². The van der Waals surface area contributed by atoms with E-state index in [0.717, 1.165) is 32.8 Å². The number of furan rings is 1. The van der Waals surface area contributed by atoms with Crippen LogP contribution in [0.15, 0.2) is 95.6 Å². The first-order valence-electron chi connectivity index (χ1n) is 13.5. The Morgan fingerprint density at radius 3 is 2.40 bits per heavy atom. The zero-order chi connectivity index (χ0) is 28.1. The summed E-state index contributed by atoms with van der Waals surface area (Å²) in [5.74, 6) is -0.0257. The standard InChI is InChI=1S/C33H33N3O3S/c1-22(2)19-26(20-34-32(37)28-15-10-16-29-27(28)17-18-39-29)36(21-24-11-6-4-7-12-24)33(38)30-31(40-23(3)35-30)25-13-8-5-9-14-25/h4-18,22,26H,19-21H2,1-3H3,(H,34,37)/t26-/m1/s1. The molecule has 5 rings (SSSR count). The number of fused-ring (bicyclic) bond motifs is 1. The number of rotatable bonds is 10. The number of hydrogen-bond donors (Lipinski definition) is 1. The molecule has 6 nitrogen and oxygen atoms in total. The van der Waals surface area contributed by atoms with Crippen LogP contribution in [0.3, 0.4) is 0 Å². The van der Waals surface area contributed by atoms with E-state index in [9.17, 15) is 9.59 Å². The van der Waals surface area contributed by atoms with Crippen molar-refractivity contribution in [1.29, 1.82) is 0 Å². The molecule has 2 heterocycles. The fourth-order valence-electron chi connectivity index (χ4n) is 5.00. The van der Waals surface area contributed by atoms with Crippen LogP contribution in [-0.2, 0) is 6.54 Å². The summed E-state index contributed by atoms with van der Waals surface area (Å²) < 4.78 is 5.48. The van der Waals surface area contributed by atoms with Crippen molar-refractivity contribution >= 4 is 34.1 Å². The maximum Gasteiger partial charge on any atom is 0.274 e. The minimum Gasteiger partial charge on any atom is -0.464 e. The van der Waals surface area contributed by atoms with Gasteiger partial charge in [0.1, 0.15) is 11.3 Å². The third-order valence-electron chi connectivity index (χ3n) is 6.85. The maximum absolute atomic E-state index is 14.4. The normalized spacial score (nSPS) is 12.0. The molecule has 204 valence electrons. The second kappa shape index (κ2) is 12.3. The lowest BCUT2D eigenvalue weighted by molar-refractivity contribution is 0.0620. The number of nitrogens with one attached hydrogen (secondary N) is 1. The van der Waals surface area contributed by atoms with Crippen molar-refractivity contribution in [2.24, 2.45) is 5.92 Å². The number of aromatic nitrogens is 1. The molecule has 0 aliphatic carbocycles. The highest BCUT2D eigenvalue weighted by atomic mass is 32.1. The van der Waals surface area contributed by atoms with Crippen molar-refractivity contribution in [3.05, 3.63) is 113 Å². The second-order valence-electron chi connectivity index (χ2n) is 10.3. The highest BCUT2D eigenvalue weighted by Gasteiger charge is 2.30. The van der Waals surface area contributed by atoms with Crippen LogP contribution < -0.4 is 5.32 Å². The molecule has 7 heteroatoms. The zero-order valence-electron chi connectivity index (χ0n) is 23.0. The van der Waals surface area contributed by atoms with Crippen molar-refractivity contribution in [1.82, 2.24) is 15.2 Å². The third kappa shape index (κ3) is 6.15. The van der Waals surface area contributed by atoms with E-state index < -0.39 is 0 Å². The van der Waals surface area contributed by atoms with E-state index in [1.807, 2.05) is 84.6 Å². The highest BCUT2D eigenvalue weighted by Crippen LogP contribution is 2.32. The van der Waals surface area contributed by atoms with Gasteiger partial charge in [0.2, 0.25) is 0 Å².